The molecular formula is C13H12N2O6-2. The smallest absolute Gasteiger partial charge is 0.270 e. The van der Waals surface area contributed by atoms with Crippen LogP contribution in [0, 0.1) is 16.0 Å². The van der Waals surface area contributed by atoms with Gasteiger partial charge in [-0.3, -0.25) is 10.1 Å². The molecule has 21 heavy (non-hydrogen) atoms. The van der Waals surface area contributed by atoms with Gasteiger partial charge in [0.15, 0.2) is 0 Å². The summed E-state index contributed by atoms with van der Waals surface area (Å²) in [5, 5.41) is 32.6. The number of nitro groups is 1. The van der Waals surface area contributed by atoms with Crippen molar-refractivity contribution in [2.75, 3.05) is 18.0 Å². The number of hydrogen-bond acceptors (Lipinski definition) is 7. The topological polar surface area (TPSA) is 127 Å². The summed E-state index contributed by atoms with van der Waals surface area (Å²) >= 11 is 0. The summed E-state index contributed by atoms with van der Waals surface area (Å²) in [4.78, 5) is 33.6. The summed E-state index contributed by atoms with van der Waals surface area (Å²) in [5.74, 6) is -3.17. The molecular weight excluding hydrogens is 280 g/mol. The molecule has 1 fully saturated rings. The second-order valence-corrected chi connectivity index (χ2v) is 4.83. The lowest BCUT2D eigenvalue weighted by Gasteiger charge is -2.35. The van der Waals surface area contributed by atoms with E-state index in [1.807, 2.05) is 0 Å². The van der Waals surface area contributed by atoms with E-state index in [0.717, 1.165) is 6.07 Å². The fourth-order valence-corrected chi connectivity index (χ4v) is 2.43. The Balaban J connectivity index is 2.26. The highest BCUT2D eigenvalue weighted by Crippen LogP contribution is 2.28. The summed E-state index contributed by atoms with van der Waals surface area (Å²) in [5.41, 5.74) is -0.295. The number of nitrogens with zero attached hydrogens (tertiary/aromatic N) is 2. The number of hydrogen-bond donors (Lipinski definition) is 0. The minimum absolute atomic E-state index is 0.267. The molecule has 0 aliphatic carbocycles. The molecule has 1 heterocycles. The van der Waals surface area contributed by atoms with E-state index in [9.17, 15) is 29.9 Å². The van der Waals surface area contributed by atoms with Crippen molar-refractivity contribution in [2.45, 2.75) is 12.8 Å². The number of carboxylic acids is 2. The first-order valence-electron chi connectivity index (χ1n) is 6.35. The van der Waals surface area contributed by atoms with Crippen LogP contribution in [0.5, 0.6) is 0 Å². The van der Waals surface area contributed by atoms with Crippen LogP contribution in [-0.2, 0) is 4.79 Å². The number of rotatable bonds is 4. The molecule has 8 nitrogen and oxygen atoms in total. The van der Waals surface area contributed by atoms with E-state index in [1.54, 1.807) is 4.90 Å². The number of aromatic carboxylic acids is 1. The van der Waals surface area contributed by atoms with Gasteiger partial charge in [0, 0.05) is 48.4 Å². The number of anilines is 1. The van der Waals surface area contributed by atoms with E-state index in [1.165, 1.54) is 12.1 Å². The molecule has 1 aromatic rings. The number of non-ortho nitro benzene ring substituents is 1. The molecule has 0 N–H and O–H groups in total. The molecule has 112 valence electrons. The fourth-order valence-electron chi connectivity index (χ4n) is 2.43. The standard InChI is InChI=1S/C13H14N2O6/c16-12(17)8-3-5-14(6-4-8)11-2-1-9(15(20)21)7-10(11)13(18)19/h1-2,7-8H,3-6H2,(H,16,17)(H,18,19)/p-2. The van der Waals surface area contributed by atoms with Gasteiger partial charge in [0.25, 0.3) is 5.69 Å². The summed E-state index contributed by atoms with van der Waals surface area (Å²) in [6.45, 7) is 0.688. The van der Waals surface area contributed by atoms with E-state index in [2.05, 4.69) is 0 Å². The van der Waals surface area contributed by atoms with Crippen LogP contribution in [0.4, 0.5) is 11.4 Å². The fraction of sp³-hybridized carbons (Fsp3) is 0.385. The average Bonchev–Trinajstić information content (AvgIpc) is 2.46. The van der Waals surface area contributed by atoms with Gasteiger partial charge >= 0.3 is 0 Å². The van der Waals surface area contributed by atoms with Crippen LogP contribution in [0.3, 0.4) is 0 Å². The third kappa shape index (κ3) is 3.10. The maximum absolute atomic E-state index is 11.1. The molecule has 0 radical (unpaired) electrons. The summed E-state index contributed by atoms with van der Waals surface area (Å²) in [6.07, 6.45) is 0.678. The molecule has 0 saturated carbocycles. The number of carbonyl (C=O) groups excluding carboxylic acids is 2. The maximum atomic E-state index is 11.1. The zero-order valence-corrected chi connectivity index (χ0v) is 11.0. The third-order valence-electron chi connectivity index (χ3n) is 3.58. The van der Waals surface area contributed by atoms with Gasteiger partial charge in [0.05, 0.1) is 10.9 Å². The molecule has 1 aliphatic rings. The molecule has 0 bridgehead atoms. The van der Waals surface area contributed by atoms with Crippen LogP contribution in [-0.4, -0.2) is 30.0 Å². The van der Waals surface area contributed by atoms with Crippen molar-refractivity contribution in [2.24, 2.45) is 5.92 Å². The number of benzene rings is 1. The Morgan fingerprint density at radius 3 is 2.29 bits per heavy atom. The second-order valence-electron chi connectivity index (χ2n) is 4.83. The van der Waals surface area contributed by atoms with Crippen molar-refractivity contribution in [3.8, 4) is 0 Å². The molecule has 0 atom stereocenters. The van der Waals surface area contributed by atoms with E-state index in [-0.39, 0.29) is 11.3 Å². The van der Waals surface area contributed by atoms with E-state index < -0.39 is 22.8 Å². The SMILES string of the molecule is O=C([O-])c1cc([N+](=O)[O-])ccc1N1CCC(C(=O)[O-])CC1. The molecule has 2 rings (SSSR count). The zero-order valence-electron chi connectivity index (χ0n) is 11.0. The number of carboxylic acid groups (broad SMARTS) is 2. The lowest BCUT2D eigenvalue weighted by Crippen LogP contribution is -2.42. The Labute approximate surface area is 119 Å². The van der Waals surface area contributed by atoms with Crippen LogP contribution in [0.2, 0.25) is 0 Å². The van der Waals surface area contributed by atoms with E-state index >= 15 is 0 Å². The molecule has 0 spiro atoms. The molecule has 0 amide bonds. The van der Waals surface area contributed by atoms with Crippen molar-refractivity contribution in [1.29, 1.82) is 0 Å². The van der Waals surface area contributed by atoms with Gasteiger partial charge in [-0.05, 0) is 18.9 Å². The minimum Gasteiger partial charge on any atom is -0.550 e. The van der Waals surface area contributed by atoms with Crippen LogP contribution in [0.15, 0.2) is 18.2 Å². The molecule has 0 aromatic heterocycles. The van der Waals surface area contributed by atoms with Crippen LogP contribution in [0.25, 0.3) is 0 Å². The van der Waals surface area contributed by atoms with Crippen molar-refractivity contribution in [3.63, 3.8) is 0 Å². The van der Waals surface area contributed by atoms with E-state index in [4.69, 9.17) is 0 Å². The highest BCUT2D eigenvalue weighted by atomic mass is 16.6. The Morgan fingerprint density at radius 2 is 1.81 bits per heavy atom. The average molecular weight is 292 g/mol. The van der Waals surface area contributed by atoms with Gasteiger partial charge in [-0.2, -0.15) is 0 Å². The van der Waals surface area contributed by atoms with Gasteiger partial charge in [0.1, 0.15) is 0 Å². The molecule has 1 aromatic carbocycles. The number of piperidine rings is 1. The van der Waals surface area contributed by atoms with Gasteiger partial charge in [-0.25, -0.2) is 0 Å². The van der Waals surface area contributed by atoms with Gasteiger partial charge in [-0.1, -0.05) is 0 Å². The first-order chi connectivity index (χ1) is 9.90. The Bertz CT molecular complexity index is 592. The highest BCUT2D eigenvalue weighted by Gasteiger charge is 2.23. The summed E-state index contributed by atoms with van der Waals surface area (Å²) in [7, 11) is 0. The third-order valence-corrected chi connectivity index (χ3v) is 3.58. The Hall–Kier alpha value is -2.64. The second kappa shape index (κ2) is 5.78. The highest BCUT2D eigenvalue weighted by molar-refractivity contribution is 5.94. The van der Waals surface area contributed by atoms with Crippen molar-refractivity contribution in [1.82, 2.24) is 0 Å². The predicted molar refractivity (Wildman–Crippen MR) is 67.4 cm³/mol. The quantitative estimate of drug-likeness (QED) is 0.510. The van der Waals surface area contributed by atoms with Crippen LogP contribution >= 0.6 is 0 Å². The van der Waals surface area contributed by atoms with Crippen molar-refractivity contribution in [3.05, 3.63) is 33.9 Å². The molecule has 0 unspecified atom stereocenters. The molecule has 1 saturated heterocycles. The lowest BCUT2D eigenvalue weighted by atomic mass is 9.96. The predicted octanol–water partition coefficient (Wildman–Crippen LogP) is -1.08. The number of nitro benzene ring substituents is 1. The summed E-state index contributed by atoms with van der Waals surface area (Å²) in [6, 6.07) is 3.52. The minimum atomic E-state index is -1.50. The Kier molecular flexibility index (Phi) is 4.06. The van der Waals surface area contributed by atoms with Crippen molar-refractivity contribution >= 4 is 23.3 Å². The normalized spacial score (nSPS) is 15.7. The van der Waals surface area contributed by atoms with Gasteiger partial charge in [-0.15, -0.1) is 0 Å². The van der Waals surface area contributed by atoms with E-state index in [0.29, 0.717) is 31.6 Å². The first kappa shape index (κ1) is 14.8. The molecule has 1 aliphatic heterocycles. The zero-order chi connectivity index (χ0) is 15.6. The largest absolute Gasteiger partial charge is 0.550 e. The van der Waals surface area contributed by atoms with Gasteiger partial charge < -0.3 is 24.7 Å². The van der Waals surface area contributed by atoms with Crippen molar-refractivity contribution < 1.29 is 24.7 Å². The molecule has 8 heteroatoms. The first-order valence-corrected chi connectivity index (χ1v) is 6.35. The Morgan fingerprint density at radius 1 is 1.19 bits per heavy atom. The monoisotopic (exact) mass is 292 g/mol. The van der Waals surface area contributed by atoms with Gasteiger partial charge in [0.2, 0.25) is 0 Å². The lowest BCUT2D eigenvalue weighted by molar-refractivity contribution is -0.385. The number of carbonyl (C=O) groups is 2. The van der Waals surface area contributed by atoms with Crippen LogP contribution < -0.4 is 15.1 Å². The number of aliphatic carboxylic acids is 1. The van der Waals surface area contributed by atoms with Crippen LogP contribution in [0.1, 0.15) is 23.2 Å². The maximum Gasteiger partial charge on any atom is 0.270 e. The summed E-state index contributed by atoms with van der Waals surface area (Å²) < 4.78 is 0.